The van der Waals surface area contributed by atoms with Crippen LogP contribution in [0.15, 0.2) is 24.3 Å². The first-order valence-electron chi connectivity index (χ1n) is 5.00. The number of hydrogen-bond acceptors (Lipinski definition) is 3. The van der Waals surface area contributed by atoms with Gasteiger partial charge in [0.15, 0.2) is 0 Å². The third-order valence-corrected chi connectivity index (χ3v) is 2.64. The van der Waals surface area contributed by atoms with E-state index in [2.05, 4.69) is 10.1 Å². The van der Waals surface area contributed by atoms with Gasteiger partial charge in [-0.1, -0.05) is 12.1 Å². The number of anilines is 1. The normalized spacial score (nSPS) is 10.5. The summed E-state index contributed by atoms with van der Waals surface area (Å²) in [6.07, 6.45) is 3.03. The standard InChI is InChI=1S/C11H15F2NOS/c1-16-8-4-7-14-9-5-2-3-6-10(9)15-11(12)13/h2-3,5-6,11,14H,4,7-8H2,1H3. The second-order valence-corrected chi connectivity index (χ2v) is 4.13. The Bertz CT molecular complexity index is 310. The molecule has 0 aliphatic heterocycles. The van der Waals surface area contributed by atoms with Crippen LogP contribution in [-0.4, -0.2) is 25.2 Å². The van der Waals surface area contributed by atoms with Gasteiger partial charge in [-0.05, 0) is 30.6 Å². The Kier molecular flexibility index (Phi) is 6.00. The van der Waals surface area contributed by atoms with E-state index in [9.17, 15) is 8.78 Å². The number of hydrogen-bond donors (Lipinski definition) is 1. The van der Waals surface area contributed by atoms with Gasteiger partial charge in [0.2, 0.25) is 0 Å². The molecule has 2 nitrogen and oxygen atoms in total. The first kappa shape index (κ1) is 13.1. The molecule has 0 bridgehead atoms. The van der Waals surface area contributed by atoms with Crippen LogP contribution in [0, 0.1) is 0 Å². The third-order valence-electron chi connectivity index (χ3n) is 1.94. The lowest BCUT2D eigenvalue weighted by molar-refractivity contribution is -0.0493. The van der Waals surface area contributed by atoms with Crippen LogP contribution in [-0.2, 0) is 0 Å². The molecular formula is C11H15F2NOS. The molecule has 0 spiro atoms. The summed E-state index contributed by atoms with van der Waals surface area (Å²) < 4.78 is 28.6. The predicted molar refractivity (Wildman–Crippen MR) is 64.6 cm³/mol. The van der Waals surface area contributed by atoms with E-state index in [1.54, 1.807) is 30.0 Å². The van der Waals surface area contributed by atoms with Gasteiger partial charge in [-0.15, -0.1) is 0 Å². The zero-order valence-corrected chi connectivity index (χ0v) is 9.90. The second-order valence-electron chi connectivity index (χ2n) is 3.15. The number of para-hydroxylation sites is 2. The van der Waals surface area contributed by atoms with Gasteiger partial charge in [-0.3, -0.25) is 0 Å². The Morgan fingerprint density at radius 1 is 1.38 bits per heavy atom. The van der Waals surface area contributed by atoms with Crippen molar-refractivity contribution >= 4 is 17.4 Å². The smallest absolute Gasteiger partial charge is 0.387 e. The SMILES string of the molecule is CSCCCNc1ccccc1OC(F)F. The minimum Gasteiger partial charge on any atom is -0.433 e. The van der Waals surface area contributed by atoms with Crippen molar-refractivity contribution in [3.05, 3.63) is 24.3 Å². The van der Waals surface area contributed by atoms with Crippen molar-refractivity contribution in [3.8, 4) is 5.75 Å². The van der Waals surface area contributed by atoms with Crippen molar-refractivity contribution in [2.75, 3.05) is 23.9 Å². The zero-order valence-electron chi connectivity index (χ0n) is 9.08. The monoisotopic (exact) mass is 247 g/mol. The maximum atomic E-state index is 12.1. The highest BCUT2D eigenvalue weighted by Gasteiger charge is 2.07. The molecule has 0 aliphatic carbocycles. The van der Waals surface area contributed by atoms with Crippen LogP contribution in [0.2, 0.25) is 0 Å². The first-order chi connectivity index (χ1) is 7.74. The molecule has 1 rings (SSSR count). The molecule has 0 saturated carbocycles. The summed E-state index contributed by atoms with van der Waals surface area (Å²) in [4.78, 5) is 0. The summed E-state index contributed by atoms with van der Waals surface area (Å²) in [5.41, 5.74) is 0.615. The lowest BCUT2D eigenvalue weighted by Gasteiger charge is -2.12. The zero-order chi connectivity index (χ0) is 11.8. The summed E-state index contributed by atoms with van der Waals surface area (Å²) >= 11 is 1.76. The van der Waals surface area contributed by atoms with Gasteiger partial charge in [-0.2, -0.15) is 20.5 Å². The van der Waals surface area contributed by atoms with Gasteiger partial charge < -0.3 is 10.1 Å². The van der Waals surface area contributed by atoms with Crippen LogP contribution in [0.3, 0.4) is 0 Å². The van der Waals surface area contributed by atoms with Gasteiger partial charge in [0.1, 0.15) is 5.75 Å². The quantitative estimate of drug-likeness (QED) is 0.746. The highest BCUT2D eigenvalue weighted by Crippen LogP contribution is 2.25. The van der Waals surface area contributed by atoms with Crippen molar-refractivity contribution in [1.82, 2.24) is 0 Å². The van der Waals surface area contributed by atoms with Crippen LogP contribution in [0.25, 0.3) is 0 Å². The number of halogens is 2. The fourth-order valence-electron chi connectivity index (χ4n) is 1.25. The molecule has 0 fully saturated rings. The Balaban J connectivity index is 2.50. The van der Waals surface area contributed by atoms with Crippen molar-refractivity contribution < 1.29 is 13.5 Å². The predicted octanol–water partition coefficient (Wildman–Crippen LogP) is 3.45. The highest BCUT2D eigenvalue weighted by molar-refractivity contribution is 7.98. The molecule has 16 heavy (non-hydrogen) atoms. The second kappa shape index (κ2) is 7.33. The Morgan fingerprint density at radius 3 is 2.81 bits per heavy atom. The first-order valence-corrected chi connectivity index (χ1v) is 6.40. The van der Waals surface area contributed by atoms with Crippen LogP contribution in [0.1, 0.15) is 6.42 Å². The van der Waals surface area contributed by atoms with Crippen molar-refractivity contribution in [1.29, 1.82) is 0 Å². The van der Waals surface area contributed by atoms with E-state index >= 15 is 0 Å². The fourth-order valence-corrected chi connectivity index (χ4v) is 1.68. The number of rotatable bonds is 7. The minimum atomic E-state index is -2.78. The number of nitrogens with one attached hydrogen (secondary N) is 1. The topological polar surface area (TPSA) is 21.3 Å². The Morgan fingerprint density at radius 2 is 2.12 bits per heavy atom. The Hall–Kier alpha value is -0.970. The summed E-state index contributed by atoms with van der Waals surface area (Å²) in [5, 5.41) is 3.08. The van der Waals surface area contributed by atoms with Gasteiger partial charge in [-0.25, -0.2) is 0 Å². The summed E-state index contributed by atoms with van der Waals surface area (Å²) in [7, 11) is 0. The molecule has 0 amide bonds. The van der Waals surface area contributed by atoms with E-state index in [1.165, 1.54) is 6.07 Å². The molecule has 0 atom stereocenters. The van der Waals surface area contributed by atoms with Crippen LogP contribution >= 0.6 is 11.8 Å². The highest BCUT2D eigenvalue weighted by atomic mass is 32.2. The van der Waals surface area contributed by atoms with Crippen molar-refractivity contribution in [2.45, 2.75) is 13.0 Å². The largest absolute Gasteiger partial charge is 0.433 e. The minimum absolute atomic E-state index is 0.196. The summed E-state index contributed by atoms with van der Waals surface area (Å²) in [5.74, 6) is 1.24. The van der Waals surface area contributed by atoms with Crippen LogP contribution < -0.4 is 10.1 Å². The molecule has 1 N–H and O–H groups in total. The maximum absolute atomic E-state index is 12.1. The molecule has 0 aromatic heterocycles. The average molecular weight is 247 g/mol. The van der Waals surface area contributed by atoms with E-state index in [-0.39, 0.29) is 5.75 Å². The third kappa shape index (κ3) is 4.70. The number of benzene rings is 1. The van der Waals surface area contributed by atoms with Crippen molar-refractivity contribution in [2.24, 2.45) is 0 Å². The maximum Gasteiger partial charge on any atom is 0.387 e. The fraction of sp³-hybridized carbons (Fsp3) is 0.455. The summed E-state index contributed by atoms with van der Waals surface area (Å²) in [6.45, 7) is -2.03. The molecule has 0 unspecified atom stereocenters. The van der Waals surface area contributed by atoms with Gasteiger partial charge in [0.05, 0.1) is 5.69 Å². The number of thioether (sulfide) groups is 1. The molecule has 5 heteroatoms. The molecule has 0 aliphatic rings. The van der Waals surface area contributed by atoms with Crippen molar-refractivity contribution in [3.63, 3.8) is 0 Å². The van der Waals surface area contributed by atoms with E-state index in [4.69, 9.17) is 0 Å². The van der Waals surface area contributed by atoms with Crippen LogP contribution in [0.5, 0.6) is 5.75 Å². The van der Waals surface area contributed by atoms with Crippen LogP contribution in [0.4, 0.5) is 14.5 Å². The van der Waals surface area contributed by atoms with Gasteiger partial charge >= 0.3 is 6.61 Å². The number of alkyl halides is 2. The molecule has 90 valence electrons. The molecule has 1 aromatic carbocycles. The number of ether oxygens (including phenoxy) is 1. The van der Waals surface area contributed by atoms with E-state index in [0.717, 1.165) is 18.7 Å². The van der Waals surface area contributed by atoms with E-state index in [0.29, 0.717) is 5.69 Å². The molecule has 1 aromatic rings. The molecule has 0 radical (unpaired) electrons. The lowest BCUT2D eigenvalue weighted by atomic mass is 10.3. The molecular weight excluding hydrogens is 232 g/mol. The summed E-state index contributed by atoms with van der Waals surface area (Å²) in [6, 6.07) is 6.72. The Labute approximate surface area is 98.4 Å². The average Bonchev–Trinajstić information content (AvgIpc) is 2.26. The van der Waals surface area contributed by atoms with E-state index in [1.807, 2.05) is 6.26 Å². The van der Waals surface area contributed by atoms with Gasteiger partial charge in [0.25, 0.3) is 0 Å². The molecule has 0 heterocycles. The molecule has 0 saturated heterocycles. The lowest BCUT2D eigenvalue weighted by Crippen LogP contribution is -2.07. The van der Waals surface area contributed by atoms with Gasteiger partial charge in [0, 0.05) is 6.54 Å². The van der Waals surface area contributed by atoms with E-state index < -0.39 is 6.61 Å².